The fourth-order valence-corrected chi connectivity index (χ4v) is 2.09. The Kier molecular flexibility index (Phi) is 3.21. The number of aliphatic hydroxyl groups is 1. The van der Waals surface area contributed by atoms with Crippen molar-refractivity contribution in [1.82, 2.24) is 9.88 Å². The fourth-order valence-electron chi connectivity index (χ4n) is 2.09. The molecule has 1 unspecified atom stereocenters. The van der Waals surface area contributed by atoms with Crippen molar-refractivity contribution in [2.24, 2.45) is 0 Å². The van der Waals surface area contributed by atoms with E-state index in [9.17, 15) is 14.3 Å². The number of hydrogen-bond donors (Lipinski definition) is 2. The van der Waals surface area contributed by atoms with E-state index in [2.05, 4.69) is 10.3 Å². The second-order valence-corrected chi connectivity index (χ2v) is 4.77. The van der Waals surface area contributed by atoms with E-state index in [4.69, 9.17) is 0 Å². The highest BCUT2D eigenvalue weighted by Crippen LogP contribution is 2.24. The van der Waals surface area contributed by atoms with Crippen molar-refractivity contribution in [3.63, 3.8) is 0 Å². The third kappa shape index (κ3) is 2.43. The van der Waals surface area contributed by atoms with Crippen molar-refractivity contribution < 1.29 is 14.3 Å². The molecule has 0 saturated carbocycles. The number of nitrogens with zero attached hydrogens (tertiary/aromatic N) is 2. The maximum atomic E-state index is 13.2. The first-order chi connectivity index (χ1) is 8.43. The van der Waals surface area contributed by atoms with Gasteiger partial charge in [0.25, 0.3) is 5.91 Å². The number of carbonyl (C=O) groups excluding carboxylic acids is 1. The number of rotatable bonds is 2. The molecule has 1 aliphatic heterocycles. The molecular formula is C12H16FN3O2. The van der Waals surface area contributed by atoms with E-state index in [-0.39, 0.29) is 18.0 Å². The molecule has 1 fully saturated rings. The molecule has 18 heavy (non-hydrogen) atoms. The fraction of sp³-hybridized carbons (Fsp3) is 0.500. The van der Waals surface area contributed by atoms with Gasteiger partial charge in [-0.1, -0.05) is 0 Å². The van der Waals surface area contributed by atoms with Crippen LogP contribution in [0.5, 0.6) is 0 Å². The topological polar surface area (TPSA) is 65.5 Å². The van der Waals surface area contributed by atoms with Gasteiger partial charge in [0.1, 0.15) is 11.6 Å². The van der Waals surface area contributed by atoms with Crippen LogP contribution in [0.25, 0.3) is 0 Å². The summed E-state index contributed by atoms with van der Waals surface area (Å²) in [5.74, 6) is -0.527. The number of pyridine rings is 1. The Labute approximate surface area is 105 Å². The van der Waals surface area contributed by atoms with Crippen LogP contribution >= 0.6 is 0 Å². The van der Waals surface area contributed by atoms with E-state index >= 15 is 0 Å². The van der Waals surface area contributed by atoms with Crippen LogP contribution in [0.1, 0.15) is 23.7 Å². The van der Waals surface area contributed by atoms with Crippen LogP contribution in [0.15, 0.2) is 12.3 Å². The predicted octanol–water partition coefficient (Wildman–Crippen LogP) is 0.859. The SMILES string of the molecule is CNc1ncc(F)cc1C(=O)N1CCC(C)(O)C1. The van der Waals surface area contributed by atoms with Gasteiger partial charge in [-0.3, -0.25) is 4.79 Å². The van der Waals surface area contributed by atoms with Crippen LogP contribution in [-0.4, -0.2) is 46.6 Å². The summed E-state index contributed by atoms with van der Waals surface area (Å²) in [6.45, 7) is 2.40. The number of aromatic nitrogens is 1. The highest BCUT2D eigenvalue weighted by Gasteiger charge is 2.35. The number of amides is 1. The molecule has 0 radical (unpaired) electrons. The molecule has 0 spiro atoms. The van der Waals surface area contributed by atoms with Crippen molar-refractivity contribution in [3.8, 4) is 0 Å². The molecule has 2 heterocycles. The number of likely N-dealkylation sites (tertiary alicyclic amines) is 1. The number of anilines is 1. The van der Waals surface area contributed by atoms with Gasteiger partial charge in [0.15, 0.2) is 0 Å². The van der Waals surface area contributed by atoms with Gasteiger partial charge in [-0.2, -0.15) is 0 Å². The molecule has 5 nitrogen and oxygen atoms in total. The van der Waals surface area contributed by atoms with E-state index in [0.717, 1.165) is 12.3 Å². The molecule has 1 atom stereocenters. The Hall–Kier alpha value is -1.69. The van der Waals surface area contributed by atoms with E-state index in [0.29, 0.717) is 18.8 Å². The van der Waals surface area contributed by atoms with Crippen LogP contribution in [-0.2, 0) is 0 Å². The summed E-state index contributed by atoms with van der Waals surface area (Å²) in [4.78, 5) is 17.6. The van der Waals surface area contributed by atoms with Gasteiger partial charge in [-0.25, -0.2) is 9.37 Å². The van der Waals surface area contributed by atoms with Crippen LogP contribution in [0.3, 0.4) is 0 Å². The van der Waals surface area contributed by atoms with Crippen LogP contribution in [0.4, 0.5) is 10.2 Å². The lowest BCUT2D eigenvalue weighted by Crippen LogP contribution is -2.34. The lowest BCUT2D eigenvalue weighted by molar-refractivity contribution is 0.0572. The van der Waals surface area contributed by atoms with Crippen LogP contribution in [0, 0.1) is 5.82 Å². The zero-order chi connectivity index (χ0) is 13.3. The van der Waals surface area contributed by atoms with Gasteiger partial charge >= 0.3 is 0 Å². The van der Waals surface area contributed by atoms with Crippen molar-refractivity contribution in [2.75, 3.05) is 25.5 Å². The third-order valence-corrected chi connectivity index (χ3v) is 3.06. The molecule has 2 N–H and O–H groups in total. The number of nitrogens with one attached hydrogen (secondary N) is 1. The van der Waals surface area contributed by atoms with E-state index in [1.54, 1.807) is 14.0 Å². The maximum absolute atomic E-state index is 13.2. The molecule has 1 aliphatic rings. The third-order valence-electron chi connectivity index (χ3n) is 3.06. The van der Waals surface area contributed by atoms with E-state index in [1.807, 2.05) is 0 Å². The van der Waals surface area contributed by atoms with Gasteiger partial charge in [0.2, 0.25) is 0 Å². The standard InChI is InChI=1S/C12H16FN3O2/c1-12(18)3-4-16(7-12)11(17)9-5-8(13)6-15-10(9)14-2/h5-6,18H,3-4,7H2,1-2H3,(H,14,15). The average Bonchev–Trinajstić information content (AvgIpc) is 2.68. The summed E-state index contributed by atoms with van der Waals surface area (Å²) in [5, 5.41) is 12.6. The van der Waals surface area contributed by atoms with E-state index in [1.165, 1.54) is 4.90 Å². The molecule has 6 heteroatoms. The monoisotopic (exact) mass is 253 g/mol. The normalized spacial score (nSPS) is 23.2. The second kappa shape index (κ2) is 4.53. The highest BCUT2D eigenvalue weighted by molar-refractivity contribution is 5.98. The van der Waals surface area contributed by atoms with Gasteiger partial charge in [0, 0.05) is 20.1 Å². The molecule has 0 bridgehead atoms. The first-order valence-corrected chi connectivity index (χ1v) is 5.78. The zero-order valence-electron chi connectivity index (χ0n) is 10.4. The molecule has 0 aliphatic carbocycles. The molecule has 0 aromatic carbocycles. The Bertz CT molecular complexity index is 476. The average molecular weight is 253 g/mol. The Morgan fingerprint density at radius 2 is 2.39 bits per heavy atom. The van der Waals surface area contributed by atoms with Crippen LogP contribution in [0.2, 0.25) is 0 Å². The molecule has 1 aromatic rings. The van der Waals surface area contributed by atoms with Crippen molar-refractivity contribution in [1.29, 1.82) is 0 Å². The Morgan fingerprint density at radius 1 is 1.67 bits per heavy atom. The number of hydrogen-bond acceptors (Lipinski definition) is 4. The molecule has 98 valence electrons. The quantitative estimate of drug-likeness (QED) is 0.820. The predicted molar refractivity (Wildman–Crippen MR) is 64.9 cm³/mol. The highest BCUT2D eigenvalue weighted by atomic mass is 19.1. The first kappa shape index (κ1) is 12.8. The van der Waals surface area contributed by atoms with Crippen molar-refractivity contribution >= 4 is 11.7 Å². The first-order valence-electron chi connectivity index (χ1n) is 5.78. The smallest absolute Gasteiger partial charge is 0.257 e. The van der Waals surface area contributed by atoms with Gasteiger partial charge in [-0.15, -0.1) is 0 Å². The zero-order valence-corrected chi connectivity index (χ0v) is 10.4. The van der Waals surface area contributed by atoms with E-state index < -0.39 is 11.4 Å². The second-order valence-electron chi connectivity index (χ2n) is 4.77. The minimum atomic E-state index is -0.865. The minimum absolute atomic E-state index is 0.190. The van der Waals surface area contributed by atoms with Gasteiger partial charge < -0.3 is 15.3 Å². The number of carbonyl (C=O) groups is 1. The molecule has 1 amide bonds. The summed E-state index contributed by atoms with van der Waals surface area (Å²) in [7, 11) is 1.62. The van der Waals surface area contributed by atoms with Gasteiger partial charge in [-0.05, 0) is 19.4 Å². The van der Waals surface area contributed by atoms with Gasteiger partial charge in [0.05, 0.1) is 17.4 Å². The number of halogens is 1. The summed E-state index contributed by atoms with van der Waals surface area (Å²) in [5.41, 5.74) is -0.675. The lowest BCUT2D eigenvalue weighted by Gasteiger charge is -2.20. The minimum Gasteiger partial charge on any atom is -0.388 e. The maximum Gasteiger partial charge on any atom is 0.257 e. The number of β-amino-alcohol motifs (C(OH)–C–C–N with tert-alkyl or cyclic N) is 1. The molecule has 1 saturated heterocycles. The summed E-state index contributed by atoms with van der Waals surface area (Å²) in [6.07, 6.45) is 1.58. The van der Waals surface area contributed by atoms with Crippen molar-refractivity contribution in [2.45, 2.75) is 18.9 Å². The Morgan fingerprint density at radius 3 is 2.94 bits per heavy atom. The molecule has 1 aromatic heterocycles. The summed E-state index contributed by atoms with van der Waals surface area (Å²) in [6, 6.07) is 1.16. The Balaban J connectivity index is 2.26. The van der Waals surface area contributed by atoms with Crippen molar-refractivity contribution in [3.05, 3.63) is 23.6 Å². The van der Waals surface area contributed by atoms with Crippen LogP contribution < -0.4 is 5.32 Å². The largest absolute Gasteiger partial charge is 0.388 e. The lowest BCUT2D eigenvalue weighted by atomic mass is 10.1. The summed E-state index contributed by atoms with van der Waals surface area (Å²) < 4.78 is 13.2. The molecule has 2 rings (SSSR count). The summed E-state index contributed by atoms with van der Waals surface area (Å²) >= 11 is 0. The molecular weight excluding hydrogens is 237 g/mol.